The summed E-state index contributed by atoms with van der Waals surface area (Å²) in [6, 6.07) is 17.0. The maximum absolute atomic E-state index is 10.5. The molecule has 1 atom stereocenters. The SMILES string of the molecule is Cc1ccc(C2=NC3(CCN(C(C)C)CC3)N[C@H](c3ccccc3O)C2)cc1. The Hall–Kier alpha value is -2.17. The Balaban J connectivity index is 1.69. The first kappa shape index (κ1) is 19.2. The molecule has 4 heteroatoms. The van der Waals surface area contributed by atoms with E-state index in [9.17, 15) is 5.11 Å². The summed E-state index contributed by atoms with van der Waals surface area (Å²) < 4.78 is 0. The third-order valence-corrected chi connectivity index (χ3v) is 6.24. The maximum atomic E-state index is 10.5. The predicted octanol–water partition coefficient (Wildman–Crippen LogP) is 4.42. The Morgan fingerprint density at radius 3 is 2.39 bits per heavy atom. The molecule has 4 nitrogen and oxygen atoms in total. The van der Waals surface area contributed by atoms with Crippen LogP contribution in [0.15, 0.2) is 53.5 Å². The van der Waals surface area contributed by atoms with Crippen molar-refractivity contribution in [3.63, 3.8) is 0 Å². The van der Waals surface area contributed by atoms with Gasteiger partial charge in [0.15, 0.2) is 0 Å². The van der Waals surface area contributed by atoms with Gasteiger partial charge in [0.1, 0.15) is 11.4 Å². The van der Waals surface area contributed by atoms with Crippen molar-refractivity contribution >= 4 is 5.71 Å². The molecule has 1 fully saturated rings. The average Bonchev–Trinajstić information content (AvgIpc) is 2.69. The number of aromatic hydroxyl groups is 1. The number of rotatable bonds is 3. The van der Waals surface area contributed by atoms with E-state index in [2.05, 4.69) is 55.3 Å². The van der Waals surface area contributed by atoms with Gasteiger partial charge in [0.2, 0.25) is 0 Å². The van der Waals surface area contributed by atoms with Crippen LogP contribution in [0.2, 0.25) is 0 Å². The monoisotopic (exact) mass is 377 g/mol. The van der Waals surface area contributed by atoms with Crippen LogP contribution in [0.5, 0.6) is 5.75 Å². The van der Waals surface area contributed by atoms with Crippen molar-refractivity contribution in [3.05, 3.63) is 65.2 Å². The number of benzene rings is 2. The zero-order valence-corrected chi connectivity index (χ0v) is 17.2. The summed E-state index contributed by atoms with van der Waals surface area (Å²) in [5.74, 6) is 0.361. The number of piperidine rings is 1. The van der Waals surface area contributed by atoms with E-state index < -0.39 is 0 Å². The van der Waals surface area contributed by atoms with Gasteiger partial charge in [-0.2, -0.15) is 0 Å². The minimum Gasteiger partial charge on any atom is -0.508 e. The molecule has 0 radical (unpaired) electrons. The molecular weight excluding hydrogens is 346 g/mol. The van der Waals surface area contributed by atoms with Gasteiger partial charge < -0.3 is 10.0 Å². The summed E-state index contributed by atoms with van der Waals surface area (Å²) in [4.78, 5) is 7.79. The van der Waals surface area contributed by atoms with Gasteiger partial charge in [0.25, 0.3) is 0 Å². The molecule has 28 heavy (non-hydrogen) atoms. The Morgan fingerprint density at radius 2 is 1.75 bits per heavy atom. The normalized spacial score (nSPS) is 22.4. The lowest BCUT2D eigenvalue weighted by atomic mass is 9.87. The molecule has 1 spiro atoms. The van der Waals surface area contributed by atoms with Crippen LogP contribution in [0.1, 0.15) is 55.8 Å². The molecule has 0 aliphatic carbocycles. The fourth-order valence-electron chi connectivity index (χ4n) is 4.47. The van der Waals surface area contributed by atoms with Gasteiger partial charge in [-0.25, -0.2) is 0 Å². The van der Waals surface area contributed by atoms with E-state index >= 15 is 0 Å². The summed E-state index contributed by atoms with van der Waals surface area (Å²) in [6.45, 7) is 8.73. The minimum absolute atomic E-state index is 0.0700. The van der Waals surface area contributed by atoms with E-state index in [4.69, 9.17) is 4.99 Å². The molecule has 2 aromatic rings. The highest BCUT2D eigenvalue weighted by molar-refractivity contribution is 6.01. The van der Waals surface area contributed by atoms with Crippen LogP contribution < -0.4 is 5.32 Å². The van der Waals surface area contributed by atoms with Crippen LogP contribution in [0.4, 0.5) is 0 Å². The van der Waals surface area contributed by atoms with Crippen molar-refractivity contribution in [2.45, 2.75) is 57.8 Å². The smallest absolute Gasteiger partial charge is 0.120 e. The van der Waals surface area contributed by atoms with E-state index in [-0.39, 0.29) is 11.7 Å². The molecular formula is C24H31N3O. The average molecular weight is 378 g/mol. The second-order valence-corrected chi connectivity index (χ2v) is 8.55. The Morgan fingerprint density at radius 1 is 1.07 bits per heavy atom. The summed E-state index contributed by atoms with van der Waals surface area (Å²) in [7, 11) is 0. The van der Waals surface area contributed by atoms with Gasteiger partial charge in [-0.3, -0.25) is 10.3 Å². The quantitative estimate of drug-likeness (QED) is 0.832. The third-order valence-electron chi connectivity index (χ3n) is 6.24. The van der Waals surface area contributed by atoms with Gasteiger partial charge in [-0.1, -0.05) is 48.0 Å². The molecule has 4 rings (SSSR count). The number of hydrogen-bond acceptors (Lipinski definition) is 4. The lowest BCUT2D eigenvalue weighted by Crippen LogP contribution is -2.56. The first-order valence-electron chi connectivity index (χ1n) is 10.4. The van der Waals surface area contributed by atoms with Crippen molar-refractivity contribution in [2.24, 2.45) is 4.99 Å². The summed E-state index contributed by atoms with van der Waals surface area (Å²) in [6.07, 6.45) is 2.77. The van der Waals surface area contributed by atoms with Crippen molar-refractivity contribution in [3.8, 4) is 5.75 Å². The number of nitrogens with one attached hydrogen (secondary N) is 1. The molecule has 0 saturated carbocycles. The van der Waals surface area contributed by atoms with Crippen molar-refractivity contribution in [1.82, 2.24) is 10.2 Å². The molecule has 1 saturated heterocycles. The van der Waals surface area contributed by atoms with Gasteiger partial charge in [-0.15, -0.1) is 0 Å². The molecule has 0 bridgehead atoms. The standard InChI is InChI=1S/C24H31N3O/c1-17(2)27-14-12-24(13-15-27)25-21(19-10-8-18(3)9-11-19)16-22(26-24)20-6-4-5-7-23(20)28/h4-11,17,22,26,28H,12-16H2,1-3H3/t22-/m0/s1. The highest BCUT2D eigenvalue weighted by Crippen LogP contribution is 2.37. The zero-order chi connectivity index (χ0) is 19.7. The van der Waals surface area contributed by atoms with Crippen LogP contribution in [0, 0.1) is 6.92 Å². The Bertz CT molecular complexity index is 848. The Kier molecular flexibility index (Phi) is 5.26. The number of nitrogens with zero attached hydrogens (tertiary/aromatic N) is 2. The minimum atomic E-state index is -0.253. The van der Waals surface area contributed by atoms with E-state index in [0.717, 1.165) is 43.6 Å². The predicted molar refractivity (Wildman–Crippen MR) is 115 cm³/mol. The molecule has 0 unspecified atom stereocenters. The number of likely N-dealkylation sites (tertiary alicyclic amines) is 1. The number of aliphatic imine (C=N–C) groups is 1. The lowest BCUT2D eigenvalue weighted by molar-refractivity contribution is 0.103. The molecule has 0 amide bonds. The number of phenols is 1. The van der Waals surface area contributed by atoms with Gasteiger partial charge in [0, 0.05) is 42.9 Å². The van der Waals surface area contributed by atoms with Crippen LogP contribution in [0.25, 0.3) is 0 Å². The maximum Gasteiger partial charge on any atom is 0.120 e. The van der Waals surface area contributed by atoms with Crippen LogP contribution in [0.3, 0.4) is 0 Å². The van der Waals surface area contributed by atoms with Gasteiger partial charge in [-0.05, 0) is 45.2 Å². The van der Waals surface area contributed by atoms with Crippen molar-refractivity contribution < 1.29 is 5.11 Å². The Labute approximate surface area is 168 Å². The first-order valence-corrected chi connectivity index (χ1v) is 10.4. The number of para-hydroxylation sites is 1. The fourth-order valence-corrected chi connectivity index (χ4v) is 4.47. The van der Waals surface area contributed by atoms with E-state index in [1.54, 1.807) is 6.07 Å². The van der Waals surface area contributed by atoms with Crippen LogP contribution in [-0.4, -0.2) is 40.5 Å². The van der Waals surface area contributed by atoms with E-state index in [1.807, 2.05) is 18.2 Å². The van der Waals surface area contributed by atoms with E-state index in [1.165, 1.54) is 11.1 Å². The summed E-state index contributed by atoms with van der Waals surface area (Å²) in [5, 5.41) is 14.3. The summed E-state index contributed by atoms with van der Waals surface area (Å²) >= 11 is 0. The lowest BCUT2D eigenvalue weighted by Gasteiger charge is -2.46. The number of hydrogen-bond donors (Lipinski definition) is 2. The molecule has 2 heterocycles. The third kappa shape index (κ3) is 3.85. The largest absolute Gasteiger partial charge is 0.508 e. The molecule has 2 aromatic carbocycles. The number of phenolic OH excluding ortho intramolecular Hbond substituents is 1. The van der Waals surface area contributed by atoms with Crippen molar-refractivity contribution in [2.75, 3.05) is 13.1 Å². The van der Waals surface area contributed by atoms with Gasteiger partial charge in [0.05, 0.1) is 0 Å². The van der Waals surface area contributed by atoms with Gasteiger partial charge >= 0.3 is 0 Å². The first-order chi connectivity index (χ1) is 13.5. The second-order valence-electron chi connectivity index (χ2n) is 8.55. The second kappa shape index (κ2) is 7.69. The topological polar surface area (TPSA) is 47.9 Å². The molecule has 2 aliphatic heterocycles. The summed E-state index contributed by atoms with van der Waals surface area (Å²) in [5.41, 5.74) is 4.31. The van der Waals surface area contributed by atoms with E-state index in [0.29, 0.717) is 11.8 Å². The van der Waals surface area contributed by atoms with Crippen LogP contribution in [-0.2, 0) is 0 Å². The molecule has 2 N–H and O–H groups in total. The molecule has 2 aliphatic rings. The highest BCUT2D eigenvalue weighted by Gasteiger charge is 2.40. The molecule has 148 valence electrons. The molecule has 0 aromatic heterocycles. The zero-order valence-electron chi connectivity index (χ0n) is 17.2. The van der Waals surface area contributed by atoms with Crippen LogP contribution >= 0.6 is 0 Å². The van der Waals surface area contributed by atoms with Crippen molar-refractivity contribution in [1.29, 1.82) is 0 Å². The highest BCUT2D eigenvalue weighted by atomic mass is 16.3. The fraction of sp³-hybridized carbons (Fsp3) is 0.458. The number of aryl methyl sites for hydroxylation is 1.